The van der Waals surface area contributed by atoms with Gasteiger partial charge in [-0.2, -0.15) is 0 Å². The molecule has 8 atom stereocenters. The minimum Gasteiger partial charge on any atom is -0.457 e. The molecule has 3 fully saturated rings. The van der Waals surface area contributed by atoms with Crippen LogP contribution in [-0.2, 0) is 28.7 Å². The van der Waals surface area contributed by atoms with Gasteiger partial charge in [0.15, 0.2) is 18.0 Å². The van der Waals surface area contributed by atoms with E-state index in [1.54, 1.807) is 19.9 Å². The maximum atomic E-state index is 13.9. The fourth-order valence-electron chi connectivity index (χ4n) is 8.01. The molecular weight excluding hydrogens is 484 g/mol. The van der Waals surface area contributed by atoms with E-state index in [1.165, 1.54) is 6.08 Å². The van der Waals surface area contributed by atoms with Gasteiger partial charge < -0.3 is 14.6 Å². The Bertz CT molecular complexity index is 1050. The van der Waals surface area contributed by atoms with Crippen molar-refractivity contribution in [3.8, 4) is 0 Å². The van der Waals surface area contributed by atoms with E-state index >= 15 is 0 Å². The summed E-state index contributed by atoms with van der Waals surface area (Å²) >= 11 is 7.48. The van der Waals surface area contributed by atoms with E-state index in [4.69, 9.17) is 21.1 Å². The number of esters is 2. The van der Waals surface area contributed by atoms with E-state index < -0.39 is 51.7 Å². The Balaban J connectivity index is 1.80. The number of ketones is 2. The predicted molar refractivity (Wildman–Crippen MR) is 133 cm³/mol. The summed E-state index contributed by atoms with van der Waals surface area (Å²) in [6.45, 7) is 8.61. The average Bonchev–Trinajstić information content (AvgIpc) is 3.05. The molecule has 3 saturated carbocycles. The number of alkyl halides is 1. The maximum absolute atomic E-state index is 13.9. The number of Topliss-reactive ketones (excluding diaryl/α,β-unsaturated/α-hetero) is 1. The number of hydrogen-bond acceptors (Lipinski definition) is 7. The Labute approximate surface area is 217 Å². The number of allylic oxidation sites excluding steroid dienone is 4. The monoisotopic (exact) mass is 520 g/mol. The lowest BCUT2D eigenvalue weighted by Crippen LogP contribution is -2.69. The second-order valence-corrected chi connectivity index (χ2v) is 12.0. The first kappa shape index (κ1) is 27.1. The van der Waals surface area contributed by atoms with Crippen molar-refractivity contribution in [2.75, 3.05) is 6.61 Å². The first-order chi connectivity index (χ1) is 16.8. The highest BCUT2D eigenvalue weighted by molar-refractivity contribution is 6.26. The second-order valence-electron chi connectivity index (χ2n) is 11.4. The smallest absolute Gasteiger partial charge is 0.306 e. The van der Waals surface area contributed by atoms with Crippen LogP contribution in [0.4, 0.5) is 0 Å². The van der Waals surface area contributed by atoms with Crippen LogP contribution in [-0.4, -0.2) is 51.8 Å². The number of carbonyl (C=O) groups is 4. The van der Waals surface area contributed by atoms with Gasteiger partial charge in [0.2, 0.25) is 5.78 Å². The third kappa shape index (κ3) is 3.48. The quantitative estimate of drug-likeness (QED) is 0.415. The summed E-state index contributed by atoms with van der Waals surface area (Å²) in [6.07, 6.45) is 6.18. The molecule has 0 aliphatic heterocycles. The third-order valence-electron chi connectivity index (χ3n) is 9.81. The largest absolute Gasteiger partial charge is 0.457 e. The molecule has 0 heterocycles. The highest BCUT2D eigenvalue weighted by Crippen LogP contribution is 2.72. The molecule has 1 N–H and O–H groups in total. The zero-order valence-corrected chi connectivity index (χ0v) is 22.5. The molecule has 0 amide bonds. The van der Waals surface area contributed by atoms with E-state index in [1.807, 2.05) is 26.8 Å². The lowest BCUT2D eigenvalue weighted by atomic mass is 9.45. The molecular formula is C28H37ClO7. The molecule has 0 aromatic heterocycles. The Morgan fingerprint density at radius 2 is 1.81 bits per heavy atom. The lowest BCUT2D eigenvalue weighted by molar-refractivity contribution is -0.203. The number of ether oxygens (including phenoxy) is 2. The second kappa shape index (κ2) is 9.09. The molecule has 198 valence electrons. The summed E-state index contributed by atoms with van der Waals surface area (Å²) in [4.78, 5) is 49.5. The minimum absolute atomic E-state index is 0.0801. The summed E-state index contributed by atoms with van der Waals surface area (Å²) in [5.41, 5.74) is -2.27. The van der Waals surface area contributed by atoms with Gasteiger partial charge in [-0.25, -0.2) is 0 Å². The molecule has 8 heteroatoms. The van der Waals surface area contributed by atoms with E-state index in [0.29, 0.717) is 19.3 Å². The Morgan fingerprint density at radius 3 is 2.44 bits per heavy atom. The van der Waals surface area contributed by atoms with Crippen LogP contribution in [0.1, 0.15) is 73.1 Å². The van der Waals surface area contributed by atoms with Gasteiger partial charge in [0, 0.05) is 29.6 Å². The predicted octanol–water partition coefficient (Wildman–Crippen LogP) is 4.09. The van der Waals surface area contributed by atoms with Crippen molar-refractivity contribution in [2.24, 2.45) is 28.6 Å². The van der Waals surface area contributed by atoms with Crippen LogP contribution in [0.2, 0.25) is 0 Å². The van der Waals surface area contributed by atoms with E-state index in [0.717, 1.165) is 5.57 Å². The fraction of sp³-hybridized carbons (Fsp3) is 0.714. The summed E-state index contributed by atoms with van der Waals surface area (Å²) in [7, 11) is 0. The fourth-order valence-corrected chi connectivity index (χ4v) is 8.53. The van der Waals surface area contributed by atoms with Gasteiger partial charge in [0.05, 0.1) is 11.0 Å². The zero-order valence-electron chi connectivity index (χ0n) is 21.8. The SMILES string of the molecule is CCC(=O)OCC(=O)C1(OC(=O)CC)[C@@H](C)C[C@H]2[C@@H]3CCC4=CC(=O)C=C[C@]4(C)[C@@]3(Cl)[C@@H](O)C[C@@]21C. The number of aliphatic hydroxyl groups is 1. The number of carbonyl (C=O) groups excluding carboxylic acids is 4. The number of rotatable bonds is 6. The van der Waals surface area contributed by atoms with Gasteiger partial charge in [0.25, 0.3) is 0 Å². The normalized spacial score (nSPS) is 43.1. The van der Waals surface area contributed by atoms with Gasteiger partial charge in [-0.05, 0) is 49.7 Å². The molecule has 0 saturated heterocycles. The van der Waals surface area contributed by atoms with E-state index in [2.05, 4.69) is 0 Å². The van der Waals surface area contributed by atoms with Gasteiger partial charge >= 0.3 is 11.9 Å². The van der Waals surface area contributed by atoms with Gasteiger partial charge in [0.1, 0.15) is 0 Å². The van der Waals surface area contributed by atoms with Crippen LogP contribution in [0.3, 0.4) is 0 Å². The van der Waals surface area contributed by atoms with Crippen LogP contribution in [0.25, 0.3) is 0 Å². The van der Waals surface area contributed by atoms with Crippen LogP contribution >= 0.6 is 11.6 Å². The molecule has 4 aliphatic carbocycles. The van der Waals surface area contributed by atoms with E-state index in [9.17, 15) is 24.3 Å². The maximum Gasteiger partial charge on any atom is 0.306 e. The van der Waals surface area contributed by atoms with Gasteiger partial charge in [-0.15, -0.1) is 11.6 Å². The topological polar surface area (TPSA) is 107 Å². The Hall–Kier alpha value is -1.99. The van der Waals surface area contributed by atoms with Crippen LogP contribution in [0.5, 0.6) is 0 Å². The number of hydrogen-bond donors (Lipinski definition) is 1. The van der Waals surface area contributed by atoms with Crippen LogP contribution in [0.15, 0.2) is 23.8 Å². The van der Waals surface area contributed by atoms with Crippen molar-refractivity contribution in [1.82, 2.24) is 0 Å². The average molecular weight is 521 g/mol. The highest BCUT2D eigenvalue weighted by Gasteiger charge is 2.76. The van der Waals surface area contributed by atoms with Crippen molar-refractivity contribution in [1.29, 1.82) is 0 Å². The molecule has 0 radical (unpaired) electrons. The van der Waals surface area contributed by atoms with Crippen LogP contribution < -0.4 is 0 Å². The Kier molecular flexibility index (Phi) is 6.83. The Morgan fingerprint density at radius 1 is 1.14 bits per heavy atom. The zero-order chi connectivity index (χ0) is 26.7. The van der Waals surface area contributed by atoms with Gasteiger partial charge in [-0.1, -0.05) is 46.3 Å². The molecule has 7 nitrogen and oxygen atoms in total. The standard InChI is InChI=1S/C28H37ClO7/c1-6-23(33)35-15-22(32)28(36-24(34)7-2)16(3)12-20-19-9-8-17-13-18(30)10-11-25(17,4)27(19,29)21(31)14-26(20,28)5/h10-11,13,16,19-21,31H,6-9,12,14-15H2,1-5H3/t16-,19-,20-,21-,25-,26-,27-,28?/m0/s1. The third-order valence-corrected chi connectivity index (χ3v) is 10.7. The van der Waals surface area contributed by atoms with Gasteiger partial charge in [-0.3, -0.25) is 19.2 Å². The first-order valence-electron chi connectivity index (χ1n) is 13.0. The van der Waals surface area contributed by atoms with E-state index in [-0.39, 0.29) is 42.8 Å². The number of fused-ring (bicyclic) bond motifs is 5. The highest BCUT2D eigenvalue weighted by atomic mass is 35.5. The summed E-state index contributed by atoms with van der Waals surface area (Å²) in [5.74, 6) is -2.24. The summed E-state index contributed by atoms with van der Waals surface area (Å²) in [6, 6.07) is 0. The molecule has 0 bridgehead atoms. The molecule has 0 spiro atoms. The van der Waals surface area contributed by atoms with Crippen LogP contribution in [0, 0.1) is 28.6 Å². The lowest BCUT2D eigenvalue weighted by Gasteiger charge is -2.64. The first-order valence-corrected chi connectivity index (χ1v) is 13.4. The van der Waals surface area contributed by atoms with Crippen molar-refractivity contribution >= 4 is 35.1 Å². The summed E-state index contributed by atoms with van der Waals surface area (Å²) in [5, 5.41) is 11.8. The number of aliphatic hydroxyl groups excluding tert-OH is 1. The van der Waals surface area contributed by atoms with Crippen molar-refractivity contribution in [3.05, 3.63) is 23.8 Å². The molecule has 0 aromatic rings. The molecule has 1 unspecified atom stereocenters. The molecule has 36 heavy (non-hydrogen) atoms. The number of halogens is 1. The molecule has 4 aliphatic rings. The van der Waals surface area contributed by atoms with Crippen molar-refractivity contribution in [3.63, 3.8) is 0 Å². The summed E-state index contributed by atoms with van der Waals surface area (Å²) < 4.78 is 11.3. The minimum atomic E-state index is -1.55. The van der Waals surface area contributed by atoms with Crippen molar-refractivity contribution < 1.29 is 33.8 Å². The molecule has 0 aromatic carbocycles. The van der Waals surface area contributed by atoms with Crippen molar-refractivity contribution in [2.45, 2.75) is 89.7 Å². The molecule has 4 rings (SSSR count).